The van der Waals surface area contributed by atoms with Gasteiger partial charge >= 0.3 is 0 Å². The number of hydrogen-bond acceptors (Lipinski definition) is 3. The molecule has 2 atom stereocenters. The van der Waals surface area contributed by atoms with Gasteiger partial charge < -0.3 is 15.1 Å². The summed E-state index contributed by atoms with van der Waals surface area (Å²) in [5, 5.41) is 3.90. The van der Waals surface area contributed by atoms with Crippen molar-refractivity contribution in [3.63, 3.8) is 0 Å². The first-order chi connectivity index (χ1) is 8.52. The van der Waals surface area contributed by atoms with Crippen LogP contribution in [-0.2, 0) is 0 Å². The molecule has 0 aliphatic carbocycles. The van der Waals surface area contributed by atoms with Gasteiger partial charge in [0.1, 0.15) is 0 Å². The molecule has 3 heteroatoms. The smallest absolute Gasteiger partial charge is 0.0220 e. The van der Waals surface area contributed by atoms with Gasteiger partial charge in [0.15, 0.2) is 0 Å². The zero-order valence-electron chi connectivity index (χ0n) is 13.1. The maximum atomic E-state index is 3.90. The van der Waals surface area contributed by atoms with E-state index in [1.54, 1.807) is 0 Å². The second-order valence-electron chi connectivity index (χ2n) is 6.34. The summed E-state index contributed by atoms with van der Waals surface area (Å²) < 4.78 is 0. The molecule has 1 fully saturated rings. The molecule has 108 valence electrons. The standard InChI is InChI=1S/C15H33N3/c1-6-18-10-7-8-14(9-11-18)16-15(13(2)3)12-17(4)5/h13-16H,6-12H2,1-5H3. The van der Waals surface area contributed by atoms with Crippen molar-refractivity contribution in [3.05, 3.63) is 0 Å². The van der Waals surface area contributed by atoms with E-state index in [9.17, 15) is 0 Å². The molecule has 0 aromatic carbocycles. The fourth-order valence-corrected chi connectivity index (χ4v) is 2.79. The van der Waals surface area contributed by atoms with E-state index < -0.39 is 0 Å². The maximum absolute atomic E-state index is 3.90. The van der Waals surface area contributed by atoms with Gasteiger partial charge in [-0.25, -0.2) is 0 Å². The molecule has 1 heterocycles. The van der Waals surface area contributed by atoms with E-state index in [0.717, 1.165) is 6.54 Å². The summed E-state index contributed by atoms with van der Waals surface area (Å²) in [5.74, 6) is 0.706. The third-order valence-corrected chi connectivity index (χ3v) is 4.08. The van der Waals surface area contributed by atoms with Crippen molar-refractivity contribution in [1.29, 1.82) is 0 Å². The molecular formula is C15H33N3. The van der Waals surface area contributed by atoms with Crippen molar-refractivity contribution in [2.75, 3.05) is 40.3 Å². The number of likely N-dealkylation sites (tertiary alicyclic amines) is 1. The van der Waals surface area contributed by atoms with Crippen LogP contribution in [0.2, 0.25) is 0 Å². The monoisotopic (exact) mass is 255 g/mol. The fourth-order valence-electron chi connectivity index (χ4n) is 2.79. The molecule has 3 nitrogen and oxygen atoms in total. The molecule has 0 saturated carbocycles. The van der Waals surface area contributed by atoms with Crippen molar-refractivity contribution >= 4 is 0 Å². The molecule has 1 N–H and O–H groups in total. The number of hydrogen-bond donors (Lipinski definition) is 1. The Hall–Kier alpha value is -0.120. The van der Waals surface area contributed by atoms with Crippen LogP contribution in [-0.4, -0.2) is 62.2 Å². The van der Waals surface area contributed by atoms with Gasteiger partial charge in [-0.1, -0.05) is 20.8 Å². The van der Waals surface area contributed by atoms with Gasteiger partial charge in [-0.15, -0.1) is 0 Å². The van der Waals surface area contributed by atoms with E-state index in [-0.39, 0.29) is 0 Å². The first kappa shape index (κ1) is 15.9. The highest BCUT2D eigenvalue weighted by Crippen LogP contribution is 2.13. The number of nitrogens with zero attached hydrogens (tertiary/aromatic N) is 2. The normalized spacial score (nSPS) is 24.5. The largest absolute Gasteiger partial charge is 0.310 e. The van der Waals surface area contributed by atoms with Crippen LogP contribution in [0.3, 0.4) is 0 Å². The average molecular weight is 255 g/mol. The Morgan fingerprint density at radius 1 is 1.22 bits per heavy atom. The van der Waals surface area contributed by atoms with Crippen LogP contribution >= 0.6 is 0 Å². The van der Waals surface area contributed by atoms with Gasteiger partial charge in [-0.05, 0) is 58.9 Å². The van der Waals surface area contributed by atoms with Crippen molar-refractivity contribution in [2.45, 2.75) is 52.1 Å². The summed E-state index contributed by atoms with van der Waals surface area (Å²) in [6.07, 6.45) is 4.00. The van der Waals surface area contributed by atoms with Crippen LogP contribution in [0, 0.1) is 5.92 Å². The number of likely N-dealkylation sites (N-methyl/N-ethyl adjacent to an activating group) is 1. The minimum Gasteiger partial charge on any atom is -0.310 e. The summed E-state index contributed by atoms with van der Waals surface area (Å²) in [5.41, 5.74) is 0. The number of rotatable bonds is 6. The second kappa shape index (κ2) is 8.13. The topological polar surface area (TPSA) is 18.5 Å². The SMILES string of the molecule is CCN1CCCC(NC(CN(C)C)C(C)C)CC1. The molecule has 0 aromatic rings. The molecule has 1 rings (SSSR count). The van der Waals surface area contributed by atoms with E-state index in [1.807, 2.05) is 0 Å². The van der Waals surface area contributed by atoms with Crippen molar-refractivity contribution < 1.29 is 0 Å². The first-order valence-electron chi connectivity index (χ1n) is 7.66. The van der Waals surface area contributed by atoms with Crippen LogP contribution in [0.1, 0.15) is 40.0 Å². The highest BCUT2D eigenvalue weighted by Gasteiger charge is 2.21. The van der Waals surface area contributed by atoms with E-state index in [1.165, 1.54) is 38.9 Å². The molecule has 0 radical (unpaired) electrons. The van der Waals surface area contributed by atoms with Crippen LogP contribution in [0.4, 0.5) is 0 Å². The van der Waals surface area contributed by atoms with E-state index in [2.05, 4.69) is 50.0 Å². The number of nitrogens with one attached hydrogen (secondary N) is 1. The Balaban J connectivity index is 2.43. The van der Waals surface area contributed by atoms with E-state index in [0.29, 0.717) is 18.0 Å². The molecule has 0 aromatic heterocycles. The summed E-state index contributed by atoms with van der Waals surface area (Å²) in [6.45, 7) is 11.8. The van der Waals surface area contributed by atoms with Gasteiger partial charge in [0.05, 0.1) is 0 Å². The van der Waals surface area contributed by atoms with Gasteiger partial charge in [0.2, 0.25) is 0 Å². The zero-order valence-corrected chi connectivity index (χ0v) is 13.1. The Morgan fingerprint density at radius 2 is 1.94 bits per heavy atom. The molecule has 18 heavy (non-hydrogen) atoms. The Kier molecular flexibility index (Phi) is 7.20. The highest BCUT2D eigenvalue weighted by atomic mass is 15.1. The van der Waals surface area contributed by atoms with Crippen LogP contribution in [0.5, 0.6) is 0 Å². The zero-order chi connectivity index (χ0) is 13.5. The van der Waals surface area contributed by atoms with Crippen LogP contribution < -0.4 is 5.32 Å². The van der Waals surface area contributed by atoms with Gasteiger partial charge in [-0.2, -0.15) is 0 Å². The fraction of sp³-hybridized carbons (Fsp3) is 1.00. The highest BCUT2D eigenvalue weighted by molar-refractivity contribution is 4.81. The molecule has 2 unspecified atom stereocenters. The summed E-state index contributed by atoms with van der Waals surface area (Å²) in [4.78, 5) is 4.88. The van der Waals surface area contributed by atoms with Crippen LogP contribution in [0.15, 0.2) is 0 Å². The molecule has 0 bridgehead atoms. The molecule has 1 aliphatic rings. The lowest BCUT2D eigenvalue weighted by Gasteiger charge is -2.30. The molecular weight excluding hydrogens is 222 g/mol. The van der Waals surface area contributed by atoms with Crippen LogP contribution in [0.25, 0.3) is 0 Å². The van der Waals surface area contributed by atoms with Crippen molar-refractivity contribution in [3.8, 4) is 0 Å². The molecule has 1 aliphatic heterocycles. The molecule has 1 saturated heterocycles. The quantitative estimate of drug-likeness (QED) is 0.783. The van der Waals surface area contributed by atoms with E-state index >= 15 is 0 Å². The lowest BCUT2D eigenvalue weighted by Crippen LogP contribution is -2.47. The Bertz CT molecular complexity index is 216. The summed E-state index contributed by atoms with van der Waals surface area (Å²) in [7, 11) is 4.34. The molecule has 0 amide bonds. The van der Waals surface area contributed by atoms with E-state index in [4.69, 9.17) is 0 Å². The summed E-state index contributed by atoms with van der Waals surface area (Å²) >= 11 is 0. The maximum Gasteiger partial charge on any atom is 0.0220 e. The van der Waals surface area contributed by atoms with Crippen molar-refractivity contribution in [1.82, 2.24) is 15.1 Å². The summed E-state index contributed by atoms with van der Waals surface area (Å²) in [6, 6.07) is 1.34. The van der Waals surface area contributed by atoms with Gasteiger partial charge in [-0.3, -0.25) is 0 Å². The average Bonchev–Trinajstić information content (AvgIpc) is 2.52. The Labute approximate surface area is 114 Å². The lowest BCUT2D eigenvalue weighted by atomic mass is 10.0. The minimum atomic E-state index is 0.623. The Morgan fingerprint density at radius 3 is 2.50 bits per heavy atom. The lowest BCUT2D eigenvalue weighted by molar-refractivity contribution is 0.255. The third kappa shape index (κ3) is 5.68. The van der Waals surface area contributed by atoms with Gasteiger partial charge in [0, 0.05) is 18.6 Å². The van der Waals surface area contributed by atoms with Gasteiger partial charge in [0.25, 0.3) is 0 Å². The minimum absolute atomic E-state index is 0.623. The van der Waals surface area contributed by atoms with Crippen molar-refractivity contribution in [2.24, 2.45) is 5.92 Å². The predicted octanol–water partition coefficient (Wildman–Crippen LogP) is 2.04. The first-order valence-corrected chi connectivity index (χ1v) is 7.66. The third-order valence-electron chi connectivity index (χ3n) is 4.08. The second-order valence-corrected chi connectivity index (χ2v) is 6.34. The molecule has 0 spiro atoms. The predicted molar refractivity (Wildman–Crippen MR) is 80.1 cm³/mol.